The first kappa shape index (κ1) is 18.2. The maximum atomic E-state index is 11.1. The smallest absolute Gasteiger partial charge is 0.368 e. The molecule has 1 aliphatic rings. The quantitative estimate of drug-likeness (QED) is 0.494. The molecule has 1 aliphatic heterocycles. The Labute approximate surface area is 161 Å². The van der Waals surface area contributed by atoms with E-state index in [0.717, 1.165) is 36.5 Å². The first-order valence-corrected chi connectivity index (χ1v) is 9.13. The average Bonchev–Trinajstić information content (AvgIpc) is 3.34. The Morgan fingerprint density at radius 3 is 3.07 bits per heavy atom. The van der Waals surface area contributed by atoms with E-state index in [9.17, 15) is 10.1 Å². The van der Waals surface area contributed by atoms with E-state index in [1.54, 1.807) is 12.1 Å². The van der Waals surface area contributed by atoms with Gasteiger partial charge in [-0.15, -0.1) is 0 Å². The Hall–Kier alpha value is -3.20. The molecule has 0 saturated carbocycles. The molecule has 4 rings (SSSR count). The SMILES string of the molecule is Cc1ccc(CNc2ccc3ncc([N+](=O)[O-])n3n2)c(OCC2CCOC2)c1. The van der Waals surface area contributed by atoms with Crippen LogP contribution in [-0.4, -0.2) is 39.3 Å². The van der Waals surface area contributed by atoms with Crippen LogP contribution in [-0.2, 0) is 11.3 Å². The number of rotatable bonds is 7. The summed E-state index contributed by atoms with van der Waals surface area (Å²) in [5, 5.41) is 18.6. The lowest BCUT2D eigenvalue weighted by Crippen LogP contribution is -2.13. The number of aryl methyl sites for hydroxylation is 1. The number of benzene rings is 1. The Morgan fingerprint density at radius 1 is 1.39 bits per heavy atom. The largest absolute Gasteiger partial charge is 0.493 e. The summed E-state index contributed by atoms with van der Waals surface area (Å²) in [4.78, 5) is 14.6. The van der Waals surface area contributed by atoms with Crippen LogP contribution in [0, 0.1) is 23.0 Å². The lowest BCUT2D eigenvalue weighted by molar-refractivity contribution is -0.391. The van der Waals surface area contributed by atoms with E-state index in [1.165, 1.54) is 10.7 Å². The van der Waals surface area contributed by atoms with Crippen molar-refractivity contribution in [2.75, 3.05) is 25.1 Å². The number of imidazole rings is 1. The lowest BCUT2D eigenvalue weighted by atomic mass is 10.1. The highest BCUT2D eigenvalue weighted by molar-refractivity contribution is 5.49. The molecule has 1 aromatic carbocycles. The monoisotopic (exact) mass is 383 g/mol. The van der Waals surface area contributed by atoms with Gasteiger partial charge in [-0.3, -0.25) is 0 Å². The summed E-state index contributed by atoms with van der Waals surface area (Å²) in [6.07, 6.45) is 2.22. The zero-order valence-corrected chi connectivity index (χ0v) is 15.5. The number of fused-ring (bicyclic) bond motifs is 1. The Bertz CT molecular complexity index is 997. The minimum absolute atomic E-state index is 0.170. The lowest BCUT2D eigenvalue weighted by Gasteiger charge is -2.15. The molecule has 1 fully saturated rings. The molecule has 3 aromatic rings. The van der Waals surface area contributed by atoms with Crippen molar-refractivity contribution in [2.45, 2.75) is 19.9 Å². The fourth-order valence-corrected chi connectivity index (χ4v) is 3.13. The molecular weight excluding hydrogens is 362 g/mol. The third-order valence-electron chi connectivity index (χ3n) is 4.71. The van der Waals surface area contributed by atoms with Gasteiger partial charge in [-0.1, -0.05) is 21.7 Å². The maximum Gasteiger partial charge on any atom is 0.368 e. The van der Waals surface area contributed by atoms with Crippen LogP contribution in [0.15, 0.2) is 36.5 Å². The molecule has 0 radical (unpaired) electrons. The van der Waals surface area contributed by atoms with Crippen LogP contribution in [0.3, 0.4) is 0 Å². The zero-order valence-electron chi connectivity index (χ0n) is 15.5. The van der Waals surface area contributed by atoms with Gasteiger partial charge in [-0.25, -0.2) is 4.98 Å². The van der Waals surface area contributed by atoms with Crippen molar-refractivity contribution in [1.82, 2.24) is 14.6 Å². The molecule has 0 amide bonds. The zero-order chi connectivity index (χ0) is 19.5. The van der Waals surface area contributed by atoms with E-state index in [-0.39, 0.29) is 5.82 Å². The summed E-state index contributed by atoms with van der Waals surface area (Å²) >= 11 is 0. The molecule has 28 heavy (non-hydrogen) atoms. The van der Waals surface area contributed by atoms with Crippen molar-refractivity contribution in [3.63, 3.8) is 0 Å². The van der Waals surface area contributed by atoms with Gasteiger partial charge in [0, 0.05) is 30.7 Å². The van der Waals surface area contributed by atoms with E-state index < -0.39 is 4.92 Å². The molecule has 9 nitrogen and oxygen atoms in total. The molecule has 0 bridgehead atoms. The number of ether oxygens (including phenoxy) is 2. The molecule has 1 N–H and O–H groups in total. The Balaban J connectivity index is 1.48. The van der Waals surface area contributed by atoms with Gasteiger partial charge in [0.05, 0.1) is 13.2 Å². The van der Waals surface area contributed by atoms with E-state index in [2.05, 4.69) is 15.4 Å². The summed E-state index contributed by atoms with van der Waals surface area (Å²) in [6, 6.07) is 9.50. The average molecular weight is 383 g/mol. The predicted octanol–water partition coefficient (Wildman–Crippen LogP) is 2.97. The molecule has 3 heterocycles. The normalized spacial score (nSPS) is 16.4. The molecule has 1 saturated heterocycles. The first-order chi connectivity index (χ1) is 13.6. The van der Waals surface area contributed by atoms with Crippen molar-refractivity contribution >= 4 is 17.3 Å². The highest BCUT2D eigenvalue weighted by atomic mass is 16.6. The van der Waals surface area contributed by atoms with Gasteiger partial charge in [-0.2, -0.15) is 0 Å². The number of aromatic nitrogens is 3. The fourth-order valence-electron chi connectivity index (χ4n) is 3.13. The third-order valence-corrected chi connectivity index (χ3v) is 4.71. The number of nitrogens with one attached hydrogen (secondary N) is 1. The van der Waals surface area contributed by atoms with E-state index >= 15 is 0 Å². The van der Waals surface area contributed by atoms with E-state index in [0.29, 0.717) is 30.5 Å². The number of nitrogens with zero attached hydrogens (tertiary/aromatic N) is 4. The van der Waals surface area contributed by atoms with Crippen molar-refractivity contribution < 1.29 is 14.4 Å². The standard InChI is InChI=1S/C19H21N5O4/c1-13-2-3-15(16(8-13)28-12-14-6-7-27-11-14)9-20-17-4-5-18-21-10-19(24(25)26)23(18)22-17/h2-5,8,10,14H,6-7,9,11-12H2,1H3,(H,20,22). The number of hydrogen-bond donors (Lipinski definition) is 1. The molecule has 1 unspecified atom stereocenters. The van der Waals surface area contributed by atoms with Crippen molar-refractivity contribution in [3.8, 4) is 5.75 Å². The predicted molar refractivity (Wildman–Crippen MR) is 103 cm³/mol. The summed E-state index contributed by atoms with van der Waals surface area (Å²) in [5.74, 6) is 1.60. The fraction of sp³-hybridized carbons (Fsp3) is 0.368. The van der Waals surface area contributed by atoms with Crippen LogP contribution in [0.5, 0.6) is 5.75 Å². The first-order valence-electron chi connectivity index (χ1n) is 9.13. The molecule has 0 spiro atoms. The molecule has 146 valence electrons. The van der Waals surface area contributed by atoms with Gasteiger partial charge in [0.1, 0.15) is 11.9 Å². The van der Waals surface area contributed by atoms with Crippen molar-refractivity contribution in [2.24, 2.45) is 5.92 Å². The number of nitro groups is 1. The topological polar surface area (TPSA) is 104 Å². The molecule has 0 aliphatic carbocycles. The minimum Gasteiger partial charge on any atom is -0.493 e. The number of anilines is 1. The van der Waals surface area contributed by atoms with E-state index in [1.807, 2.05) is 25.1 Å². The maximum absolute atomic E-state index is 11.1. The molecule has 1 atom stereocenters. The second-order valence-corrected chi connectivity index (χ2v) is 6.87. The van der Waals surface area contributed by atoms with Crippen LogP contribution in [0.1, 0.15) is 17.5 Å². The van der Waals surface area contributed by atoms with E-state index in [4.69, 9.17) is 9.47 Å². The number of hydrogen-bond acceptors (Lipinski definition) is 7. The molecule has 9 heteroatoms. The highest BCUT2D eigenvalue weighted by Crippen LogP contribution is 2.24. The second-order valence-electron chi connectivity index (χ2n) is 6.87. The molecular formula is C19H21N5O4. The van der Waals surface area contributed by atoms with Crippen LogP contribution < -0.4 is 10.1 Å². The van der Waals surface area contributed by atoms with Crippen molar-refractivity contribution in [1.29, 1.82) is 0 Å². The summed E-state index contributed by atoms with van der Waals surface area (Å²) < 4.78 is 12.7. The summed E-state index contributed by atoms with van der Waals surface area (Å²) in [7, 11) is 0. The van der Waals surface area contributed by atoms with Gasteiger partial charge < -0.3 is 24.9 Å². The van der Waals surface area contributed by atoms with Crippen LogP contribution in [0.4, 0.5) is 11.6 Å². The van der Waals surface area contributed by atoms with Crippen LogP contribution in [0.25, 0.3) is 5.65 Å². The van der Waals surface area contributed by atoms with Gasteiger partial charge in [0.2, 0.25) is 5.65 Å². The van der Waals surface area contributed by atoms with Gasteiger partial charge in [0.15, 0.2) is 5.82 Å². The Kier molecular flexibility index (Phi) is 5.07. The second kappa shape index (κ2) is 7.81. The van der Waals surface area contributed by atoms with Gasteiger partial charge in [-0.05, 0) is 36.0 Å². The van der Waals surface area contributed by atoms with Gasteiger partial charge in [0.25, 0.3) is 0 Å². The summed E-state index contributed by atoms with van der Waals surface area (Å²) in [6.45, 7) is 4.67. The van der Waals surface area contributed by atoms with Crippen molar-refractivity contribution in [3.05, 3.63) is 57.8 Å². The highest BCUT2D eigenvalue weighted by Gasteiger charge is 2.18. The Morgan fingerprint density at radius 2 is 2.29 bits per heavy atom. The minimum atomic E-state index is -0.505. The third kappa shape index (κ3) is 3.89. The van der Waals surface area contributed by atoms with Gasteiger partial charge >= 0.3 is 5.82 Å². The molecule has 2 aromatic heterocycles. The van der Waals surface area contributed by atoms with Crippen LogP contribution in [0.2, 0.25) is 0 Å². The van der Waals surface area contributed by atoms with Crippen LogP contribution >= 0.6 is 0 Å². The summed E-state index contributed by atoms with van der Waals surface area (Å²) in [5.41, 5.74) is 2.54.